The minimum absolute atomic E-state index is 0.323. The van der Waals surface area contributed by atoms with Gasteiger partial charge in [0.1, 0.15) is 10.1 Å². The van der Waals surface area contributed by atoms with Gasteiger partial charge < -0.3 is 9.47 Å². The summed E-state index contributed by atoms with van der Waals surface area (Å²) in [5.41, 5.74) is 10.0. The Bertz CT molecular complexity index is 2400. The van der Waals surface area contributed by atoms with Crippen molar-refractivity contribution in [1.82, 2.24) is 0 Å². The van der Waals surface area contributed by atoms with Crippen LogP contribution in [0, 0.1) is 10.8 Å². The lowest BCUT2D eigenvalue weighted by atomic mass is 9.67. The molecule has 0 radical (unpaired) electrons. The lowest BCUT2D eigenvalue weighted by Gasteiger charge is -2.34. The highest BCUT2D eigenvalue weighted by Crippen LogP contribution is 2.59. The average Bonchev–Trinajstić information content (AvgIpc) is 3.46. The van der Waals surface area contributed by atoms with Crippen molar-refractivity contribution >= 4 is 21.8 Å². The van der Waals surface area contributed by atoms with Crippen molar-refractivity contribution in [2.45, 2.75) is 5.41 Å². The van der Waals surface area contributed by atoms with Gasteiger partial charge in [-0.2, -0.15) is 0 Å². The number of fused-ring (bicyclic) bond motifs is 5. The van der Waals surface area contributed by atoms with Gasteiger partial charge in [0.15, 0.2) is 23.0 Å². The van der Waals surface area contributed by atoms with E-state index >= 15 is 0 Å². The predicted molar refractivity (Wildman–Crippen MR) is 203 cm³/mol. The molecule has 0 saturated carbocycles. The Morgan fingerprint density at radius 1 is 0.420 bits per heavy atom. The summed E-state index contributed by atoms with van der Waals surface area (Å²) < 4.78 is 13.3. The molecule has 0 saturated heterocycles. The lowest BCUT2D eigenvalue weighted by molar-refractivity contribution is 0.359. The molecule has 1 aliphatic carbocycles. The van der Waals surface area contributed by atoms with E-state index in [4.69, 9.17) is 20.3 Å². The van der Waals surface area contributed by atoms with E-state index in [-0.39, 0.29) is 0 Å². The Kier molecular flexibility index (Phi) is 7.22. The SMILES string of the molecule is N=C(SC(=N)c1cccc(-c2ccc3c(c2)Oc2cc4c(cc2O3)C(c2ccccc2)(c2ccccc2)c2ccccc2-4)c1)c1ccccc1. The van der Waals surface area contributed by atoms with Crippen molar-refractivity contribution in [3.63, 3.8) is 0 Å². The fraction of sp³-hybridized carbons (Fsp3) is 0.0222. The van der Waals surface area contributed by atoms with E-state index in [1.54, 1.807) is 0 Å². The number of ether oxygens (including phenoxy) is 2. The van der Waals surface area contributed by atoms with Crippen LogP contribution in [0.15, 0.2) is 170 Å². The normalized spacial score (nSPS) is 13.1. The maximum atomic E-state index is 8.73. The molecule has 50 heavy (non-hydrogen) atoms. The smallest absolute Gasteiger partial charge is 0.170 e. The lowest BCUT2D eigenvalue weighted by Crippen LogP contribution is -2.28. The van der Waals surface area contributed by atoms with Gasteiger partial charge in [0.25, 0.3) is 0 Å². The third-order valence-electron chi connectivity index (χ3n) is 9.60. The van der Waals surface area contributed by atoms with E-state index in [0.717, 1.165) is 45.1 Å². The molecule has 1 aliphatic heterocycles. The summed E-state index contributed by atoms with van der Waals surface area (Å²) in [6.45, 7) is 0. The van der Waals surface area contributed by atoms with Gasteiger partial charge in [-0.05, 0) is 74.8 Å². The van der Waals surface area contributed by atoms with Crippen molar-refractivity contribution in [2.75, 3.05) is 0 Å². The van der Waals surface area contributed by atoms with Gasteiger partial charge in [-0.15, -0.1) is 0 Å². The van der Waals surface area contributed by atoms with Crippen molar-refractivity contribution in [1.29, 1.82) is 10.8 Å². The zero-order valence-electron chi connectivity index (χ0n) is 26.9. The maximum absolute atomic E-state index is 8.73. The molecule has 2 N–H and O–H groups in total. The maximum Gasteiger partial charge on any atom is 0.170 e. The van der Waals surface area contributed by atoms with Gasteiger partial charge in [0, 0.05) is 11.1 Å². The molecule has 0 fully saturated rings. The third kappa shape index (κ3) is 4.86. The minimum Gasteiger partial charge on any atom is -0.450 e. The first-order valence-electron chi connectivity index (χ1n) is 16.5. The highest BCUT2D eigenvalue weighted by atomic mass is 32.2. The number of thioether (sulfide) groups is 1. The quantitative estimate of drug-likeness (QED) is 0.142. The van der Waals surface area contributed by atoms with E-state index in [1.807, 2.05) is 72.8 Å². The molecule has 5 heteroatoms. The Labute approximate surface area is 295 Å². The Balaban J connectivity index is 1.08. The van der Waals surface area contributed by atoms with Gasteiger partial charge in [-0.3, -0.25) is 10.8 Å². The van der Waals surface area contributed by atoms with Crippen LogP contribution in [-0.2, 0) is 5.41 Å². The molecule has 9 rings (SSSR count). The van der Waals surface area contributed by atoms with Crippen molar-refractivity contribution < 1.29 is 9.47 Å². The van der Waals surface area contributed by atoms with Crippen LogP contribution in [0.1, 0.15) is 33.4 Å². The summed E-state index contributed by atoms with van der Waals surface area (Å²) in [5, 5.41) is 17.9. The van der Waals surface area contributed by atoms with Crippen LogP contribution in [0.25, 0.3) is 22.3 Å². The largest absolute Gasteiger partial charge is 0.450 e. The molecular weight excluding hydrogens is 633 g/mol. The van der Waals surface area contributed by atoms with Gasteiger partial charge >= 0.3 is 0 Å². The summed E-state index contributed by atoms with van der Waals surface area (Å²) in [4.78, 5) is 0. The van der Waals surface area contributed by atoms with E-state index < -0.39 is 5.41 Å². The molecule has 0 amide bonds. The second kappa shape index (κ2) is 12.1. The van der Waals surface area contributed by atoms with E-state index in [2.05, 4.69) is 97.1 Å². The molecule has 0 unspecified atom stereocenters. The summed E-state index contributed by atoms with van der Waals surface area (Å²) in [7, 11) is 0. The van der Waals surface area contributed by atoms with E-state index in [9.17, 15) is 0 Å². The second-order valence-corrected chi connectivity index (χ2v) is 13.5. The van der Waals surface area contributed by atoms with Gasteiger partial charge in [0.2, 0.25) is 0 Å². The minimum atomic E-state index is -0.520. The Morgan fingerprint density at radius 3 is 1.72 bits per heavy atom. The van der Waals surface area contributed by atoms with Crippen LogP contribution in [0.4, 0.5) is 0 Å². The number of rotatable bonds is 5. The Hall–Kier alpha value is -6.17. The van der Waals surface area contributed by atoms with Gasteiger partial charge in [-0.1, -0.05) is 151 Å². The first-order chi connectivity index (χ1) is 24.6. The van der Waals surface area contributed by atoms with Crippen LogP contribution < -0.4 is 9.47 Å². The van der Waals surface area contributed by atoms with E-state index in [0.29, 0.717) is 33.1 Å². The van der Waals surface area contributed by atoms with Crippen LogP contribution >= 0.6 is 11.8 Å². The number of hydrogen-bond acceptors (Lipinski definition) is 5. The topological polar surface area (TPSA) is 66.2 Å². The Morgan fingerprint density at radius 2 is 0.980 bits per heavy atom. The molecule has 7 aromatic rings. The monoisotopic (exact) mass is 662 g/mol. The number of hydrogen-bond donors (Lipinski definition) is 2. The molecule has 0 aromatic heterocycles. The summed E-state index contributed by atoms with van der Waals surface area (Å²) in [6, 6.07) is 57.8. The predicted octanol–water partition coefficient (Wildman–Crippen LogP) is 11.7. The summed E-state index contributed by atoms with van der Waals surface area (Å²) >= 11 is 1.15. The average molecular weight is 663 g/mol. The van der Waals surface area contributed by atoms with Crippen LogP contribution in [-0.4, -0.2) is 10.1 Å². The molecule has 0 atom stereocenters. The van der Waals surface area contributed by atoms with Gasteiger partial charge in [0.05, 0.1) is 5.41 Å². The molecule has 238 valence electrons. The molecular formula is C45H30N2O2S. The van der Waals surface area contributed by atoms with Crippen LogP contribution in [0.2, 0.25) is 0 Å². The number of benzene rings is 7. The summed E-state index contributed by atoms with van der Waals surface area (Å²) in [6.07, 6.45) is 0. The molecule has 1 heterocycles. The molecule has 2 aliphatic rings. The molecule has 4 nitrogen and oxygen atoms in total. The van der Waals surface area contributed by atoms with Crippen molar-refractivity contribution in [2.24, 2.45) is 0 Å². The van der Waals surface area contributed by atoms with Crippen LogP contribution in [0.5, 0.6) is 23.0 Å². The zero-order valence-corrected chi connectivity index (χ0v) is 27.7. The molecule has 7 aromatic carbocycles. The summed E-state index contributed by atoms with van der Waals surface area (Å²) in [5.74, 6) is 2.64. The second-order valence-electron chi connectivity index (χ2n) is 12.4. The van der Waals surface area contributed by atoms with Gasteiger partial charge in [-0.25, -0.2) is 0 Å². The van der Waals surface area contributed by atoms with Crippen molar-refractivity contribution in [3.8, 4) is 45.3 Å². The highest BCUT2D eigenvalue weighted by molar-refractivity contribution is 8.27. The molecule has 0 bridgehead atoms. The number of nitrogens with one attached hydrogen (secondary N) is 2. The first-order valence-corrected chi connectivity index (χ1v) is 17.3. The van der Waals surface area contributed by atoms with Crippen LogP contribution in [0.3, 0.4) is 0 Å². The molecule has 0 spiro atoms. The van der Waals surface area contributed by atoms with Crippen molar-refractivity contribution in [3.05, 3.63) is 203 Å². The highest BCUT2D eigenvalue weighted by Gasteiger charge is 2.47. The standard InChI is InChI=1S/C45H30N2O2S/c46-43(29-13-4-1-5-14-29)50-44(47)32-16-12-15-30(25-32)31-23-24-39-40(26-31)49-41-27-36-35-21-10-11-22-37(35)45(33-17-6-2-7-18-33,34-19-8-3-9-20-34)38(36)28-42(41)48-39/h1-28,46-47H. The zero-order chi connectivity index (χ0) is 33.7. The first kappa shape index (κ1) is 29.9. The fourth-order valence-electron chi connectivity index (χ4n) is 7.35. The fourth-order valence-corrected chi connectivity index (χ4v) is 8.05. The van der Waals surface area contributed by atoms with E-state index in [1.165, 1.54) is 22.3 Å². The third-order valence-corrected chi connectivity index (χ3v) is 10.5.